The number of hydrogen-bond donors (Lipinski definition) is 1. The topological polar surface area (TPSA) is 86.8 Å². The molecular weight excluding hydrogens is 591 g/mol. The van der Waals surface area contributed by atoms with Crippen LogP contribution in [-0.2, 0) is 32.2 Å². The number of rotatable bonds is 12. The fourth-order valence-electron chi connectivity index (χ4n) is 4.17. The number of amides is 2. The number of hydrogen-bond acceptors (Lipinski definition) is 4. The van der Waals surface area contributed by atoms with Crippen molar-refractivity contribution in [3.8, 4) is 0 Å². The van der Waals surface area contributed by atoms with Crippen LogP contribution in [0.4, 0.5) is 18.9 Å². The Hall–Kier alpha value is -3.57. The Morgan fingerprint density at radius 2 is 1.55 bits per heavy atom. The summed E-state index contributed by atoms with van der Waals surface area (Å²) in [5, 5.41) is 2.21. The van der Waals surface area contributed by atoms with Gasteiger partial charge in [0.25, 0.3) is 10.0 Å². The molecular formula is C30H33ClF3N3O4S. The van der Waals surface area contributed by atoms with Crippen molar-refractivity contribution in [3.05, 3.63) is 95.0 Å². The van der Waals surface area contributed by atoms with Crippen LogP contribution in [0.3, 0.4) is 0 Å². The molecule has 2 amide bonds. The smallest absolute Gasteiger partial charge is 0.352 e. The lowest BCUT2D eigenvalue weighted by atomic mass is 10.1. The quantitative estimate of drug-likeness (QED) is 0.271. The Bertz CT molecular complexity index is 1470. The lowest BCUT2D eigenvalue weighted by Gasteiger charge is -2.32. The molecule has 0 fully saturated rings. The second kappa shape index (κ2) is 14.1. The highest BCUT2D eigenvalue weighted by molar-refractivity contribution is 7.92. The Morgan fingerprint density at radius 1 is 0.952 bits per heavy atom. The first kappa shape index (κ1) is 32.9. The van der Waals surface area contributed by atoms with Crippen LogP contribution < -0.4 is 9.62 Å². The van der Waals surface area contributed by atoms with Crippen molar-refractivity contribution in [3.63, 3.8) is 0 Å². The van der Waals surface area contributed by atoms with E-state index in [4.69, 9.17) is 11.6 Å². The molecule has 0 aliphatic carbocycles. The summed E-state index contributed by atoms with van der Waals surface area (Å²) < 4.78 is 69.3. The molecule has 0 radical (unpaired) electrons. The average molecular weight is 624 g/mol. The van der Waals surface area contributed by atoms with Gasteiger partial charge < -0.3 is 10.2 Å². The summed E-state index contributed by atoms with van der Waals surface area (Å²) in [5.41, 5.74) is -0.764. The maximum Gasteiger partial charge on any atom is 0.417 e. The zero-order valence-electron chi connectivity index (χ0n) is 23.4. The number of alkyl halides is 3. The first-order chi connectivity index (χ1) is 19.8. The van der Waals surface area contributed by atoms with E-state index in [-0.39, 0.29) is 17.5 Å². The molecule has 3 rings (SSSR count). The zero-order chi connectivity index (χ0) is 31.1. The summed E-state index contributed by atoms with van der Waals surface area (Å²) in [5.74, 6) is -1.20. The minimum atomic E-state index is -4.87. The molecule has 0 aromatic heterocycles. The highest BCUT2D eigenvalue weighted by Gasteiger charge is 2.37. The molecule has 7 nitrogen and oxygen atoms in total. The van der Waals surface area contributed by atoms with E-state index in [1.54, 1.807) is 6.07 Å². The predicted octanol–water partition coefficient (Wildman–Crippen LogP) is 5.93. The number of nitrogens with zero attached hydrogens (tertiary/aromatic N) is 2. The maximum atomic E-state index is 13.9. The number of benzene rings is 3. The summed E-state index contributed by atoms with van der Waals surface area (Å²) in [7, 11) is -4.52. The Morgan fingerprint density at radius 3 is 2.12 bits per heavy atom. The van der Waals surface area contributed by atoms with Crippen LogP contribution >= 0.6 is 11.6 Å². The highest BCUT2D eigenvalue weighted by atomic mass is 35.5. The third-order valence-corrected chi connectivity index (χ3v) is 8.92. The van der Waals surface area contributed by atoms with Gasteiger partial charge in [-0.15, -0.1) is 0 Å². The second-order valence-corrected chi connectivity index (χ2v) is 12.1. The predicted molar refractivity (Wildman–Crippen MR) is 157 cm³/mol. The minimum absolute atomic E-state index is 0.0611. The van der Waals surface area contributed by atoms with Gasteiger partial charge in [-0.05, 0) is 62.6 Å². The third kappa shape index (κ3) is 8.25. The number of anilines is 1. The minimum Gasteiger partial charge on any atom is -0.352 e. The summed E-state index contributed by atoms with van der Waals surface area (Å²) in [6, 6.07) is 17.7. The molecule has 0 saturated carbocycles. The summed E-state index contributed by atoms with van der Waals surface area (Å²) >= 11 is 5.79. The standard InChI is InChI=1S/C30H33ClF3N3O4S/c1-4-21(2)35-29(39)22(3)36(18-17-23-11-7-5-8-12-23)28(38)20-37(42(40,41)25-13-9-6-10-14-25)24-15-16-27(31)26(19-24)30(32,33)34/h5-16,19,21-22H,4,17-18,20H2,1-3H3,(H,35,39)/t21-,22-/m1/s1. The normalized spacial score (nSPS) is 13.2. The van der Waals surface area contributed by atoms with Crippen LogP contribution in [0.1, 0.15) is 38.3 Å². The Kier molecular flexibility index (Phi) is 11.0. The monoisotopic (exact) mass is 623 g/mol. The van der Waals surface area contributed by atoms with Gasteiger partial charge in [0, 0.05) is 12.6 Å². The number of halogens is 4. The fourth-order valence-corrected chi connectivity index (χ4v) is 5.82. The van der Waals surface area contributed by atoms with Crippen LogP contribution in [0.2, 0.25) is 5.02 Å². The van der Waals surface area contributed by atoms with Gasteiger partial charge in [-0.3, -0.25) is 13.9 Å². The van der Waals surface area contributed by atoms with Crippen LogP contribution in [0.15, 0.2) is 83.8 Å². The van der Waals surface area contributed by atoms with Crippen molar-refractivity contribution in [2.45, 2.75) is 56.8 Å². The Labute approximate surface area is 249 Å². The third-order valence-electron chi connectivity index (χ3n) is 6.81. The lowest BCUT2D eigenvalue weighted by molar-refractivity contribution is -0.139. The molecule has 0 aliphatic rings. The molecule has 3 aromatic carbocycles. The molecule has 0 heterocycles. The average Bonchev–Trinajstić information content (AvgIpc) is 2.96. The number of carbonyl (C=O) groups excluding carboxylic acids is 2. The molecule has 0 aliphatic heterocycles. The van der Waals surface area contributed by atoms with Gasteiger partial charge in [-0.1, -0.05) is 67.1 Å². The molecule has 2 atom stereocenters. The van der Waals surface area contributed by atoms with Crippen LogP contribution in [0.25, 0.3) is 0 Å². The van der Waals surface area contributed by atoms with Crippen molar-refractivity contribution in [2.75, 3.05) is 17.4 Å². The molecule has 3 aromatic rings. The zero-order valence-corrected chi connectivity index (χ0v) is 25.0. The van der Waals surface area contributed by atoms with Gasteiger partial charge >= 0.3 is 6.18 Å². The van der Waals surface area contributed by atoms with E-state index in [2.05, 4.69) is 5.32 Å². The SMILES string of the molecule is CC[C@@H](C)NC(=O)[C@@H](C)N(CCc1ccccc1)C(=O)CN(c1ccc(Cl)c(C(F)(F)F)c1)S(=O)(=O)c1ccccc1. The lowest BCUT2D eigenvalue weighted by Crippen LogP contribution is -2.53. The van der Waals surface area contributed by atoms with Gasteiger partial charge in [0.1, 0.15) is 12.6 Å². The van der Waals surface area contributed by atoms with Gasteiger partial charge in [0.15, 0.2) is 0 Å². The number of sulfonamides is 1. The van der Waals surface area contributed by atoms with Crippen LogP contribution in [0, 0.1) is 0 Å². The Balaban J connectivity index is 2.05. The van der Waals surface area contributed by atoms with E-state index in [1.165, 1.54) is 36.1 Å². The number of nitrogens with one attached hydrogen (secondary N) is 1. The summed E-state index contributed by atoms with van der Waals surface area (Å²) in [6.07, 6.45) is -3.86. The van der Waals surface area contributed by atoms with E-state index < -0.39 is 56.9 Å². The summed E-state index contributed by atoms with van der Waals surface area (Å²) in [6.45, 7) is 4.44. The molecule has 0 saturated heterocycles. The molecule has 0 spiro atoms. The van der Waals surface area contributed by atoms with Crippen molar-refractivity contribution < 1.29 is 31.2 Å². The molecule has 42 heavy (non-hydrogen) atoms. The first-order valence-electron chi connectivity index (χ1n) is 13.3. The largest absolute Gasteiger partial charge is 0.417 e. The van der Waals surface area contributed by atoms with E-state index in [1.807, 2.05) is 44.2 Å². The first-order valence-corrected chi connectivity index (χ1v) is 15.2. The molecule has 226 valence electrons. The van der Waals surface area contributed by atoms with Crippen molar-refractivity contribution >= 4 is 39.1 Å². The summed E-state index contributed by atoms with van der Waals surface area (Å²) in [4.78, 5) is 28.0. The second-order valence-electron chi connectivity index (χ2n) is 9.80. The molecule has 12 heteroatoms. The van der Waals surface area contributed by atoms with Gasteiger partial charge in [0.2, 0.25) is 11.8 Å². The van der Waals surface area contributed by atoms with Gasteiger partial charge in [-0.25, -0.2) is 8.42 Å². The maximum absolute atomic E-state index is 13.9. The van der Waals surface area contributed by atoms with Crippen LogP contribution in [-0.4, -0.2) is 50.3 Å². The van der Waals surface area contributed by atoms with Crippen LogP contribution in [0.5, 0.6) is 0 Å². The molecule has 1 N–H and O–H groups in total. The molecule has 0 bridgehead atoms. The highest BCUT2D eigenvalue weighted by Crippen LogP contribution is 2.38. The van der Waals surface area contributed by atoms with Gasteiger partial charge in [0.05, 0.1) is 21.2 Å². The van der Waals surface area contributed by atoms with E-state index in [0.717, 1.165) is 17.7 Å². The van der Waals surface area contributed by atoms with E-state index in [0.29, 0.717) is 23.2 Å². The fraction of sp³-hybridized carbons (Fsp3) is 0.333. The molecule has 0 unspecified atom stereocenters. The van der Waals surface area contributed by atoms with Crippen molar-refractivity contribution in [2.24, 2.45) is 0 Å². The van der Waals surface area contributed by atoms with Gasteiger partial charge in [-0.2, -0.15) is 13.2 Å². The van der Waals surface area contributed by atoms with Crippen molar-refractivity contribution in [1.82, 2.24) is 10.2 Å². The van der Waals surface area contributed by atoms with E-state index in [9.17, 15) is 31.2 Å². The number of carbonyl (C=O) groups is 2. The van der Waals surface area contributed by atoms with E-state index >= 15 is 0 Å². The van der Waals surface area contributed by atoms with Crippen molar-refractivity contribution in [1.29, 1.82) is 0 Å².